The van der Waals surface area contributed by atoms with Crippen LogP contribution in [0.3, 0.4) is 0 Å². The van der Waals surface area contributed by atoms with Crippen molar-refractivity contribution < 1.29 is 4.79 Å². The van der Waals surface area contributed by atoms with Gasteiger partial charge in [-0.2, -0.15) is 0 Å². The summed E-state index contributed by atoms with van der Waals surface area (Å²) in [4.78, 5) is 12.0. The third-order valence-corrected chi connectivity index (χ3v) is 3.98. The van der Waals surface area contributed by atoms with Crippen LogP contribution in [0, 0.1) is 3.57 Å². The summed E-state index contributed by atoms with van der Waals surface area (Å²) >= 11 is 8.05. The first-order valence-corrected chi connectivity index (χ1v) is 7.24. The molecule has 1 heterocycles. The molecule has 0 aliphatic carbocycles. The Balaban J connectivity index is 0.00000180. The molecule has 0 unspecified atom stereocenters. The molecule has 0 atom stereocenters. The largest absolute Gasteiger partial charge is 0.348 e. The predicted octanol–water partition coefficient (Wildman–Crippen LogP) is 3.02. The summed E-state index contributed by atoms with van der Waals surface area (Å²) < 4.78 is 0.911. The zero-order valence-corrected chi connectivity index (χ0v) is 13.9. The van der Waals surface area contributed by atoms with Gasteiger partial charge in [-0.1, -0.05) is 23.3 Å². The van der Waals surface area contributed by atoms with Gasteiger partial charge in [0.15, 0.2) is 0 Å². The van der Waals surface area contributed by atoms with Crippen molar-refractivity contribution in [1.29, 1.82) is 0 Å². The smallest absolute Gasteiger partial charge is 0.252 e. The highest BCUT2D eigenvalue weighted by Gasteiger charge is 2.11. The van der Waals surface area contributed by atoms with E-state index in [2.05, 4.69) is 39.3 Å². The molecule has 0 saturated carbocycles. The van der Waals surface area contributed by atoms with Crippen LogP contribution >= 0.6 is 46.6 Å². The lowest BCUT2D eigenvalue weighted by atomic mass is 10.1. The molecule has 0 aromatic heterocycles. The summed E-state index contributed by atoms with van der Waals surface area (Å²) in [7, 11) is 0. The van der Waals surface area contributed by atoms with Crippen molar-refractivity contribution in [3.05, 3.63) is 44.0 Å². The first kappa shape index (κ1) is 16.8. The van der Waals surface area contributed by atoms with Gasteiger partial charge in [0, 0.05) is 21.7 Å². The predicted molar refractivity (Wildman–Crippen MR) is 89.3 cm³/mol. The van der Waals surface area contributed by atoms with E-state index in [9.17, 15) is 4.79 Å². The SMILES string of the molecule is Cl.O=C(NCC1=CCNCC1)c1cc(Cl)ccc1I. The Morgan fingerprint density at radius 1 is 1.47 bits per heavy atom. The molecule has 0 radical (unpaired) electrons. The lowest BCUT2D eigenvalue weighted by Crippen LogP contribution is -2.30. The number of rotatable bonds is 3. The van der Waals surface area contributed by atoms with Crippen LogP contribution in [-0.4, -0.2) is 25.5 Å². The quantitative estimate of drug-likeness (QED) is 0.591. The summed E-state index contributed by atoms with van der Waals surface area (Å²) in [5.41, 5.74) is 1.91. The number of carbonyl (C=O) groups excluding carboxylic acids is 1. The highest BCUT2D eigenvalue weighted by atomic mass is 127. The average Bonchev–Trinajstić information content (AvgIpc) is 2.40. The first-order valence-electron chi connectivity index (χ1n) is 5.78. The van der Waals surface area contributed by atoms with E-state index in [1.807, 2.05) is 6.07 Å². The molecule has 1 aromatic rings. The minimum absolute atomic E-state index is 0. The molecule has 104 valence electrons. The summed E-state index contributed by atoms with van der Waals surface area (Å²) in [6.07, 6.45) is 3.12. The Bertz CT molecular complexity index is 492. The number of amides is 1. The Morgan fingerprint density at radius 3 is 2.95 bits per heavy atom. The van der Waals surface area contributed by atoms with Crippen LogP contribution in [0.5, 0.6) is 0 Å². The molecule has 1 aliphatic rings. The fraction of sp³-hybridized carbons (Fsp3) is 0.308. The van der Waals surface area contributed by atoms with E-state index in [4.69, 9.17) is 11.6 Å². The Morgan fingerprint density at radius 2 is 2.26 bits per heavy atom. The third-order valence-electron chi connectivity index (χ3n) is 2.81. The van der Waals surface area contributed by atoms with Crippen LogP contribution in [0.25, 0.3) is 0 Å². The summed E-state index contributed by atoms with van der Waals surface area (Å²) in [6, 6.07) is 5.34. The van der Waals surface area contributed by atoms with Crippen molar-refractivity contribution in [3.63, 3.8) is 0 Å². The molecule has 19 heavy (non-hydrogen) atoms. The summed E-state index contributed by atoms with van der Waals surface area (Å²) in [5.74, 6) is -0.0682. The van der Waals surface area contributed by atoms with Gasteiger partial charge in [-0.25, -0.2) is 0 Å². The average molecular weight is 413 g/mol. The van der Waals surface area contributed by atoms with Crippen molar-refractivity contribution in [3.8, 4) is 0 Å². The Hall–Kier alpha value is -0.300. The van der Waals surface area contributed by atoms with Crippen LogP contribution in [0.4, 0.5) is 0 Å². The van der Waals surface area contributed by atoms with Crippen LogP contribution in [0.15, 0.2) is 29.8 Å². The van der Waals surface area contributed by atoms with E-state index in [1.54, 1.807) is 12.1 Å². The van der Waals surface area contributed by atoms with Gasteiger partial charge in [-0.3, -0.25) is 4.79 Å². The van der Waals surface area contributed by atoms with Crippen LogP contribution in [0.2, 0.25) is 5.02 Å². The molecule has 1 amide bonds. The molecule has 1 aliphatic heterocycles. The second-order valence-corrected chi connectivity index (χ2v) is 5.72. The van der Waals surface area contributed by atoms with E-state index in [0.717, 1.165) is 23.1 Å². The highest BCUT2D eigenvalue weighted by Crippen LogP contribution is 2.18. The zero-order valence-electron chi connectivity index (χ0n) is 10.2. The van der Waals surface area contributed by atoms with Crippen LogP contribution < -0.4 is 10.6 Å². The maximum absolute atomic E-state index is 12.0. The highest BCUT2D eigenvalue weighted by molar-refractivity contribution is 14.1. The molecular formula is C13H15Cl2IN2O. The van der Waals surface area contributed by atoms with Gasteiger partial charge in [0.05, 0.1) is 5.56 Å². The van der Waals surface area contributed by atoms with Gasteiger partial charge >= 0.3 is 0 Å². The Labute approximate surface area is 137 Å². The lowest BCUT2D eigenvalue weighted by molar-refractivity contribution is 0.0955. The molecule has 2 N–H and O–H groups in total. The number of hydrogen-bond donors (Lipinski definition) is 2. The minimum atomic E-state index is -0.0682. The van der Waals surface area contributed by atoms with Crippen LogP contribution in [0.1, 0.15) is 16.8 Å². The topological polar surface area (TPSA) is 41.1 Å². The van der Waals surface area contributed by atoms with Crippen molar-refractivity contribution in [2.45, 2.75) is 6.42 Å². The number of carbonyl (C=O) groups is 1. The molecule has 2 rings (SSSR count). The van der Waals surface area contributed by atoms with E-state index >= 15 is 0 Å². The maximum Gasteiger partial charge on any atom is 0.252 e. The van der Waals surface area contributed by atoms with Gasteiger partial charge in [-0.15, -0.1) is 12.4 Å². The molecule has 6 heteroatoms. The van der Waals surface area contributed by atoms with Crippen molar-refractivity contribution in [1.82, 2.24) is 10.6 Å². The molecular weight excluding hydrogens is 398 g/mol. The zero-order chi connectivity index (χ0) is 13.0. The van der Waals surface area contributed by atoms with E-state index in [-0.39, 0.29) is 18.3 Å². The standard InChI is InChI=1S/C13H14ClIN2O.ClH/c14-10-1-2-12(15)11(7-10)13(18)17-8-9-3-5-16-6-4-9;/h1-3,7,16H,4-6,8H2,(H,17,18);1H. The van der Waals surface area contributed by atoms with Crippen molar-refractivity contribution in [2.24, 2.45) is 0 Å². The second kappa shape index (κ2) is 8.09. The number of benzene rings is 1. The minimum Gasteiger partial charge on any atom is -0.348 e. The molecule has 1 aromatic carbocycles. The number of halogens is 3. The van der Waals surface area contributed by atoms with Gasteiger partial charge < -0.3 is 10.6 Å². The fourth-order valence-electron chi connectivity index (χ4n) is 1.79. The van der Waals surface area contributed by atoms with E-state index in [1.165, 1.54) is 5.57 Å². The fourth-order valence-corrected chi connectivity index (χ4v) is 2.54. The Kier molecular flexibility index (Phi) is 7.13. The van der Waals surface area contributed by atoms with Crippen LogP contribution in [-0.2, 0) is 0 Å². The number of hydrogen-bond acceptors (Lipinski definition) is 2. The first-order chi connectivity index (χ1) is 8.66. The maximum atomic E-state index is 12.0. The molecule has 0 bridgehead atoms. The monoisotopic (exact) mass is 412 g/mol. The third kappa shape index (κ3) is 4.95. The van der Waals surface area contributed by atoms with Gasteiger partial charge in [0.25, 0.3) is 5.91 Å². The van der Waals surface area contributed by atoms with Gasteiger partial charge in [-0.05, 0) is 53.8 Å². The van der Waals surface area contributed by atoms with E-state index < -0.39 is 0 Å². The normalized spacial score (nSPS) is 14.3. The number of nitrogens with one attached hydrogen (secondary N) is 2. The van der Waals surface area contributed by atoms with Gasteiger partial charge in [0.2, 0.25) is 0 Å². The lowest BCUT2D eigenvalue weighted by Gasteiger charge is -2.15. The summed E-state index contributed by atoms with van der Waals surface area (Å²) in [5, 5.41) is 6.77. The van der Waals surface area contributed by atoms with Gasteiger partial charge in [0.1, 0.15) is 0 Å². The van der Waals surface area contributed by atoms with Crippen molar-refractivity contribution >= 4 is 52.5 Å². The molecule has 0 spiro atoms. The summed E-state index contributed by atoms with van der Waals surface area (Å²) in [6.45, 7) is 2.49. The molecule has 0 saturated heterocycles. The van der Waals surface area contributed by atoms with E-state index in [0.29, 0.717) is 17.1 Å². The second-order valence-electron chi connectivity index (χ2n) is 4.12. The molecule has 3 nitrogen and oxygen atoms in total. The van der Waals surface area contributed by atoms with Crippen molar-refractivity contribution in [2.75, 3.05) is 19.6 Å². The molecule has 0 fully saturated rings.